The van der Waals surface area contributed by atoms with Gasteiger partial charge < -0.3 is 9.53 Å². The van der Waals surface area contributed by atoms with Crippen LogP contribution in [0.5, 0.6) is 0 Å². The van der Waals surface area contributed by atoms with Gasteiger partial charge in [0.25, 0.3) is 8.32 Å². The van der Waals surface area contributed by atoms with Crippen molar-refractivity contribution in [3.8, 4) is 23.7 Å². The summed E-state index contributed by atoms with van der Waals surface area (Å²) in [6, 6.07) is 21.2. The smallest absolute Gasteiger partial charge is 0.261 e. The zero-order valence-corrected chi connectivity index (χ0v) is 17.9. The Hall–Kier alpha value is -2.56. The van der Waals surface area contributed by atoms with Gasteiger partial charge in [-0.25, -0.2) is 0 Å². The third kappa shape index (κ3) is 5.47. The summed E-state index contributed by atoms with van der Waals surface area (Å²) in [5.74, 6) is 11.2. The number of rotatable bonds is 6. The molecule has 0 aliphatic rings. The van der Waals surface area contributed by atoms with Crippen LogP contribution in [0.15, 0.2) is 72.8 Å². The Morgan fingerprint density at radius 1 is 0.929 bits per heavy atom. The minimum atomic E-state index is -2.49. The van der Waals surface area contributed by atoms with E-state index in [2.05, 4.69) is 93.0 Å². The molecular formula is C25H28O2Si. The molecule has 1 N–H and O–H groups in total. The maximum Gasteiger partial charge on any atom is 0.261 e. The molecule has 0 saturated carbocycles. The van der Waals surface area contributed by atoms with E-state index < -0.39 is 8.32 Å². The summed E-state index contributed by atoms with van der Waals surface area (Å²) in [5.41, 5.74) is 0. The monoisotopic (exact) mass is 388 g/mol. The predicted octanol–water partition coefficient (Wildman–Crippen LogP) is 3.51. The summed E-state index contributed by atoms with van der Waals surface area (Å²) in [7, 11) is -2.49. The van der Waals surface area contributed by atoms with Crippen LogP contribution in [0.2, 0.25) is 5.04 Å². The number of hydrogen-bond acceptors (Lipinski definition) is 2. The Morgan fingerprint density at radius 2 is 1.50 bits per heavy atom. The van der Waals surface area contributed by atoms with Crippen molar-refractivity contribution in [3.05, 3.63) is 72.8 Å². The summed E-state index contributed by atoms with van der Waals surface area (Å²) in [6.45, 7) is 7.35. The van der Waals surface area contributed by atoms with Gasteiger partial charge >= 0.3 is 0 Å². The van der Waals surface area contributed by atoms with Gasteiger partial charge in [-0.15, -0.1) is 0 Å². The van der Waals surface area contributed by atoms with Gasteiger partial charge in [0.1, 0.15) is 0 Å². The van der Waals surface area contributed by atoms with Crippen molar-refractivity contribution in [3.63, 3.8) is 0 Å². The lowest BCUT2D eigenvalue weighted by atomic mass is 10.2. The molecule has 28 heavy (non-hydrogen) atoms. The summed E-state index contributed by atoms with van der Waals surface area (Å²) in [6.07, 6.45) is 4.18. The molecule has 0 bridgehead atoms. The van der Waals surface area contributed by atoms with Gasteiger partial charge in [-0.2, -0.15) is 0 Å². The first-order valence-electron chi connectivity index (χ1n) is 9.51. The average molecular weight is 389 g/mol. The molecule has 2 aromatic carbocycles. The zero-order valence-electron chi connectivity index (χ0n) is 16.9. The first-order valence-corrected chi connectivity index (χ1v) is 11.4. The molecule has 0 saturated heterocycles. The molecular weight excluding hydrogens is 360 g/mol. The summed E-state index contributed by atoms with van der Waals surface area (Å²) < 4.78 is 6.73. The van der Waals surface area contributed by atoms with Crippen LogP contribution in [-0.4, -0.2) is 26.6 Å². The van der Waals surface area contributed by atoms with E-state index in [0.717, 1.165) is 0 Å². The molecule has 0 radical (unpaired) electrons. The van der Waals surface area contributed by atoms with E-state index in [1.54, 1.807) is 6.08 Å². The third-order valence-electron chi connectivity index (χ3n) is 4.47. The van der Waals surface area contributed by atoms with Crippen LogP contribution in [0.25, 0.3) is 0 Å². The third-order valence-corrected chi connectivity index (χ3v) is 9.48. The Balaban J connectivity index is 2.31. The minimum Gasteiger partial charge on any atom is -0.404 e. The second kappa shape index (κ2) is 10.7. The van der Waals surface area contributed by atoms with Crippen LogP contribution in [-0.2, 0) is 4.43 Å². The van der Waals surface area contributed by atoms with Gasteiger partial charge in [0.2, 0.25) is 0 Å². The van der Waals surface area contributed by atoms with Gasteiger partial charge in [-0.05, 0) is 33.3 Å². The first kappa shape index (κ1) is 21.7. The highest BCUT2D eigenvalue weighted by atomic mass is 28.4. The highest BCUT2D eigenvalue weighted by molar-refractivity contribution is 6.99. The van der Waals surface area contributed by atoms with Gasteiger partial charge in [-0.3, -0.25) is 0 Å². The first-order chi connectivity index (χ1) is 13.5. The van der Waals surface area contributed by atoms with E-state index in [9.17, 15) is 0 Å². The maximum atomic E-state index is 8.69. The molecule has 144 valence electrons. The highest BCUT2D eigenvalue weighted by Gasteiger charge is 2.49. The van der Waals surface area contributed by atoms with E-state index in [0.29, 0.717) is 13.0 Å². The molecule has 0 aliphatic carbocycles. The van der Waals surface area contributed by atoms with Crippen LogP contribution < -0.4 is 10.4 Å². The average Bonchev–Trinajstić information content (AvgIpc) is 2.70. The van der Waals surface area contributed by atoms with E-state index >= 15 is 0 Å². The SMILES string of the molecule is CC(C)(C)[Si](OC/C=C\C#CC#CCCO)(c1ccccc1)c1ccccc1. The Bertz CT molecular complexity index is 833. The summed E-state index contributed by atoms with van der Waals surface area (Å²) in [4.78, 5) is 0. The van der Waals surface area contributed by atoms with Crippen molar-refractivity contribution < 1.29 is 9.53 Å². The van der Waals surface area contributed by atoms with Crippen LogP contribution in [0.3, 0.4) is 0 Å². The number of benzene rings is 2. The molecule has 0 fully saturated rings. The topological polar surface area (TPSA) is 29.5 Å². The summed E-state index contributed by atoms with van der Waals surface area (Å²) in [5, 5.41) is 11.2. The van der Waals surface area contributed by atoms with Crippen LogP contribution in [0, 0.1) is 23.7 Å². The fourth-order valence-corrected chi connectivity index (χ4v) is 7.78. The van der Waals surface area contributed by atoms with E-state index in [1.165, 1.54) is 10.4 Å². The van der Waals surface area contributed by atoms with Gasteiger partial charge in [-0.1, -0.05) is 99.4 Å². The molecule has 2 aromatic rings. The molecule has 0 heterocycles. The molecule has 0 unspecified atom stereocenters. The highest BCUT2D eigenvalue weighted by Crippen LogP contribution is 2.36. The molecule has 2 rings (SSSR count). The quantitative estimate of drug-likeness (QED) is 0.606. The van der Waals surface area contributed by atoms with Crippen molar-refractivity contribution in [2.24, 2.45) is 0 Å². The molecule has 0 atom stereocenters. The van der Waals surface area contributed by atoms with Crippen molar-refractivity contribution in [2.45, 2.75) is 32.2 Å². The van der Waals surface area contributed by atoms with Crippen molar-refractivity contribution >= 4 is 18.7 Å². The molecule has 3 heteroatoms. The van der Waals surface area contributed by atoms with Crippen molar-refractivity contribution in [1.82, 2.24) is 0 Å². The molecule has 0 aromatic heterocycles. The number of aliphatic hydroxyl groups excluding tert-OH is 1. The second-order valence-corrected chi connectivity index (χ2v) is 11.7. The van der Waals surface area contributed by atoms with Crippen LogP contribution in [0.1, 0.15) is 27.2 Å². The standard InChI is InChI=1S/C25H28O2Si/c1-25(2,3)28(23-17-11-9-12-18-23,24-19-13-10-14-20-24)27-22-16-8-6-4-5-7-15-21-26/h8-14,16-20,26H,15,21-22H2,1-3H3/b16-8-. The number of hydrogen-bond donors (Lipinski definition) is 1. The predicted molar refractivity (Wildman–Crippen MR) is 120 cm³/mol. The fourth-order valence-electron chi connectivity index (χ4n) is 3.28. The van der Waals surface area contributed by atoms with Crippen LogP contribution >= 0.6 is 0 Å². The number of aliphatic hydroxyl groups is 1. The molecule has 0 amide bonds. The Morgan fingerprint density at radius 3 is 2.00 bits per heavy atom. The molecule has 0 aliphatic heterocycles. The molecule has 2 nitrogen and oxygen atoms in total. The van der Waals surface area contributed by atoms with E-state index in [4.69, 9.17) is 9.53 Å². The lowest BCUT2D eigenvalue weighted by Crippen LogP contribution is -2.66. The van der Waals surface area contributed by atoms with Crippen molar-refractivity contribution in [2.75, 3.05) is 13.2 Å². The molecule has 0 spiro atoms. The van der Waals surface area contributed by atoms with Crippen LogP contribution in [0.4, 0.5) is 0 Å². The van der Waals surface area contributed by atoms with E-state index in [1.807, 2.05) is 18.2 Å². The maximum absolute atomic E-state index is 8.69. The zero-order chi connectivity index (χ0) is 20.3. The fraction of sp³-hybridized carbons (Fsp3) is 0.280. The summed E-state index contributed by atoms with van der Waals surface area (Å²) >= 11 is 0. The Kier molecular flexibility index (Phi) is 8.30. The lowest BCUT2D eigenvalue weighted by Gasteiger charge is -2.42. The van der Waals surface area contributed by atoms with Gasteiger partial charge in [0, 0.05) is 6.42 Å². The minimum absolute atomic E-state index is 0.0367. The van der Waals surface area contributed by atoms with Crippen molar-refractivity contribution in [1.29, 1.82) is 0 Å². The largest absolute Gasteiger partial charge is 0.404 e. The van der Waals surface area contributed by atoms with E-state index in [-0.39, 0.29) is 11.6 Å². The van der Waals surface area contributed by atoms with Gasteiger partial charge in [0.15, 0.2) is 0 Å². The number of allylic oxidation sites excluding steroid dienone is 1. The normalized spacial score (nSPS) is 11.4. The lowest BCUT2D eigenvalue weighted by molar-refractivity contribution is 0.305. The Labute approximate surface area is 170 Å². The second-order valence-electron chi connectivity index (χ2n) is 7.42. The van der Waals surface area contributed by atoms with Gasteiger partial charge in [0.05, 0.1) is 13.2 Å².